The summed E-state index contributed by atoms with van der Waals surface area (Å²) in [5.41, 5.74) is 0.897. The molecule has 2 aliphatic rings. The van der Waals surface area contributed by atoms with Crippen LogP contribution >= 0.6 is 0 Å². The Morgan fingerprint density at radius 3 is 2.12 bits per heavy atom. The number of carboxylic acid groups (broad SMARTS) is 1. The first-order chi connectivity index (χ1) is 19.5. The summed E-state index contributed by atoms with van der Waals surface area (Å²) in [5.74, 6) is -1.50. The Labute approximate surface area is 233 Å². The van der Waals surface area contributed by atoms with Crippen molar-refractivity contribution in [2.75, 3.05) is 26.2 Å². The highest BCUT2D eigenvalue weighted by Gasteiger charge is 2.55. The fourth-order valence-electron chi connectivity index (χ4n) is 5.37. The maximum absolute atomic E-state index is 13.4. The quantitative estimate of drug-likeness (QED) is 0.230. The largest absolute Gasteiger partial charge is 0.492 e. The van der Waals surface area contributed by atoms with Gasteiger partial charge in [0.15, 0.2) is 6.10 Å². The third-order valence-corrected chi connectivity index (χ3v) is 7.44. The monoisotopic (exact) mass is 576 g/mol. The summed E-state index contributed by atoms with van der Waals surface area (Å²) in [6, 6.07) is 15.2. The Morgan fingerprint density at radius 1 is 0.927 bits per heavy atom. The number of aliphatic carboxylic acids is 1. The van der Waals surface area contributed by atoms with Gasteiger partial charge in [-0.2, -0.15) is 13.2 Å². The van der Waals surface area contributed by atoms with Crippen molar-refractivity contribution >= 4 is 5.97 Å². The average molecular weight is 577 g/mol. The maximum atomic E-state index is 13.4. The van der Waals surface area contributed by atoms with Crippen LogP contribution in [0.5, 0.6) is 11.5 Å². The first-order valence-electron chi connectivity index (χ1n) is 13.2. The lowest BCUT2D eigenvalue weighted by molar-refractivity contribution is -0.145. The van der Waals surface area contributed by atoms with Crippen LogP contribution in [0.3, 0.4) is 0 Å². The highest BCUT2D eigenvalue weighted by molar-refractivity contribution is 5.73. The van der Waals surface area contributed by atoms with Gasteiger partial charge in [-0.25, -0.2) is 13.6 Å². The molecule has 0 aromatic heterocycles. The van der Waals surface area contributed by atoms with Crippen LogP contribution in [-0.2, 0) is 23.9 Å². The number of hydrogen-bond donors (Lipinski definition) is 2. The minimum atomic E-state index is -4.32. The molecule has 0 radical (unpaired) electrons. The van der Waals surface area contributed by atoms with Crippen LogP contribution in [0.4, 0.5) is 22.0 Å². The van der Waals surface area contributed by atoms with E-state index < -0.39 is 35.4 Å². The van der Waals surface area contributed by atoms with E-state index in [1.165, 1.54) is 0 Å². The molecule has 0 amide bonds. The van der Waals surface area contributed by atoms with Gasteiger partial charge in [0.2, 0.25) is 0 Å². The van der Waals surface area contributed by atoms with E-state index in [9.17, 15) is 31.9 Å². The number of rotatable bonds is 12. The van der Waals surface area contributed by atoms with Gasteiger partial charge in [0, 0.05) is 56.8 Å². The molecule has 0 bridgehead atoms. The molecule has 3 aromatic carbocycles. The second kappa shape index (κ2) is 12.0. The van der Waals surface area contributed by atoms with E-state index in [0.717, 1.165) is 42.9 Å². The summed E-state index contributed by atoms with van der Waals surface area (Å²) in [5, 5.41) is 13.0. The number of hydrogen-bond acceptors (Lipinski definition) is 5. The van der Waals surface area contributed by atoms with E-state index in [1.807, 2.05) is 0 Å². The van der Waals surface area contributed by atoms with Crippen molar-refractivity contribution in [1.82, 2.24) is 10.2 Å². The van der Waals surface area contributed by atoms with Crippen LogP contribution in [0.25, 0.3) is 0 Å². The Kier molecular flexibility index (Phi) is 8.46. The molecule has 1 aliphatic heterocycles. The number of benzene rings is 3. The van der Waals surface area contributed by atoms with Gasteiger partial charge in [-0.15, -0.1) is 0 Å². The summed E-state index contributed by atoms with van der Waals surface area (Å²) in [7, 11) is 0. The average Bonchev–Trinajstić information content (AvgIpc) is 3.35. The van der Waals surface area contributed by atoms with Gasteiger partial charge in [0.25, 0.3) is 0 Å². The van der Waals surface area contributed by atoms with Gasteiger partial charge in [0.1, 0.15) is 29.7 Å². The zero-order chi connectivity index (χ0) is 29.1. The molecule has 1 saturated carbocycles. The van der Waals surface area contributed by atoms with E-state index in [4.69, 9.17) is 9.47 Å². The lowest BCUT2D eigenvalue weighted by Gasteiger charge is -2.20. The van der Waals surface area contributed by atoms with E-state index in [1.54, 1.807) is 36.4 Å². The molecule has 11 heteroatoms. The molecule has 1 heterocycles. The van der Waals surface area contributed by atoms with E-state index in [-0.39, 0.29) is 12.2 Å². The van der Waals surface area contributed by atoms with Crippen molar-refractivity contribution < 1.29 is 41.3 Å². The number of carboxylic acids is 1. The summed E-state index contributed by atoms with van der Waals surface area (Å²) in [6.45, 7) is 3.54. The van der Waals surface area contributed by atoms with Crippen molar-refractivity contribution in [3.8, 4) is 11.5 Å². The summed E-state index contributed by atoms with van der Waals surface area (Å²) >= 11 is 0. The Hall–Kier alpha value is -3.70. The summed E-state index contributed by atoms with van der Waals surface area (Å²) in [6.07, 6.45) is -5.65. The molecule has 2 N–H and O–H groups in total. The van der Waals surface area contributed by atoms with E-state index in [2.05, 4.69) is 10.2 Å². The lowest BCUT2D eigenvalue weighted by Crippen LogP contribution is -2.33. The number of nitrogens with zero attached hydrogens (tertiary/aromatic N) is 1. The molecule has 2 unspecified atom stereocenters. The molecule has 41 heavy (non-hydrogen) atoms. The van der Waals surface area contributed by atoms with Gasteiger partial charge < -0.3 is 19.9 Å². The standard InChI is InChI=1S/C30H29F5N2O4/c31-21-12-22(32)14-24(13-21)41-27(29(38)39)11-18-3-7-23(8-4-18)40-10-9-36-28-25-16-37(17-26(25)28)15-19-1-5-20(6-2-19)30(33,34)35/h1-8,12-14,25-28,36H,9-11,15-17H2,(H,38,39)/t25-,26?,27-,28?/m0/s1. The number of nitrogens with one attached hydrogen (secondary N) is 1. The predicted molar refractivity (Wildman–Crippen MR) is 140 cm³/mol. The molecule has 218 valence electrons. The minimum Gasteiger partial charge on any atom is -0.492 e. The van der Waals surface area contributed by atoms with Crippen molar-refractivity contribution in [2.24, 2.45) is 11.8 Å². The number of fused-ring (bicyclic) bond motifs is 1. The van der Waals surface area contributed by atoms with Gasteiger partial charge >= 0.3 is 12.1 Å². The number of carbonyl (C=O) groups is 1. The van der Waals surface area contributed by atoms with E-state index >= 15 is 0 Å². The molecular weight excluding hydrogens is 547 g/mol. The minimum absolute atomic E-state index is 0.00432. The molecular formula is C30H29F5N2O4. The molecule has 1 saturated heterocycles. The molecule has 2 fully saturated rings. The van der Waals surface area contributed by atoms with Gasteiger partial charge in [-0.05, 0) is 47.2 Å². The molecule has 1 aliphatic carbocycles. The lowest BCUT2D eigenvalue weighted by atomic mass is 10.1. The summed E-state index contributed by atoms with van der Waals surface area (Å²) < 4.78 is 76.1. The Morgan fingerprint density at radius 2 is 1.54 bits per heavy atom. The Bertz CT molecular complexity index is 1320. The second-order valence-electron chi connectivity index (χ2n) is 10.4. The van der Waals surface area contributed by atoms with Gasteiger partial charge in [-0.1, -0.05) is 24.3 Å². The molecule has 4 atom stereocenters. The molecule has 5 rings (SSSR count). The van der Waals surface area contributed by atoms with Crippen LogP contribution in [0.2, 0.25) is 0 Å². The normalized spacial score (nSPS) is 20.9. The Balaban J connectivity index is 1.00. The third-order valence-electron chi connectivity index (χ3n) is 7.44. The smallest absolute Gasteiger partial charge is 0.416 e. The number of halogens is 5. The zero-order valence-corrected chi connectivity index (χ0v) is 21.9. The van der Waals surface area contributed by atoms with Gasteiger partial charge in [-0.3, -0.25) is 4.90 Å². The number of ether oxygens (including phenoxy) is 2. The van der Waals surface area contributed by atoms with Gasteiger partial charge in [0.05, 0.1) is 5.56 Å². The fraction of sp³-hybridized carbons (Fsp3) is 0.367. The summed E-state index contributed by atoms with van der Waals surface area (Å²) in [4.78, 5) is 13.9. The molecule has 0 spiro atoms. The molecule has 6 nitrogen and oxygen atoms in total. The van der Waals surface area contributed by atoms with Crippen molar-refractivity contribution in [3.63, 3.8) is 0 Å². The first-order valence-corrected chi connectivity index (χ1v) is 13.2. The van der Waals surface area contributed by atoms with Crippen LogP contribution in [0.1, 0.15) is 16.7 Å². The third kappa shape index (κ3) is 7.53. The highest BCUT2D eigenvalue weighted by atomic mass is 19.4. The number of likely N-dealkylation sites (tertiary alicyclic amines) is 1. The van der Waals surface area contributed by atoms with Crippen LogP contribution < -0.4 is 14.8 Å². The SMILES string of the molecule is O=C(O)[C@H](Cc1ccc(OCCNC2C3CN(Cc4ccc(C(F)(F)F)cc4)C[C@@H]32)cc1)Oc1cc(F)cc(F)c1. The van der Waals surface area contributed by atoms with E-state index in [0.29, 0.717) is 55.0 Å². The number of piperidine rings is 1. The topological polar surface area (TPSA) is 71.0 Å². The van der Waals surface area contributed by atoms with Crippen LogP contribution in [0.15, 0.2) is 66.7 Å². The highest BCUT2D eigenvalue weighted by Crippen LogP contribution is 2.45. The fourth-order valence-corrected chi connectivity index (χ4v) is 5.37. The van der Waals surface area contributed by atoms with Crippen molar-refractivity contribution in [1.29, 1.82) is 0 Å². The second-order valence-corrected chi connectivity index (χ2v) is 10.4. The zero-order valence-electron chi connectivity index (χ0n) is 21.9. The predicted octanol–water partition coefficient (Wildman–Crippen LogP) is 5.16. The number of alkyl halides is 3. The first kappa shape index (κ1) is 28.8. The maximum Gasteiger partial charge on any atom is 0.416 e. The molecule has 3 aromatic rings. The van der Waals surface area contributed by atoms with Crippen LogP contribution in [0, 0.1) is 23.5 Å². The van der Waals surface area contributed by atoms with Crippen LogP contribution in [-0.4, -0.2) is 54.4 Å². The van der Waals surface area contributed by atoms with Crippen molar-refractivity contribution in [2.45, 2.75) is 31.3 Å². The van der Waals surface area contributed by atoms with Crippen molar-refractivity contribution in [3.05, 3.63) is 95.1 Å².